The number of ether oxygens (including phenoxy) is 1. The molecule has 0 aromatic carbocycles. The molecule has 6 nitrogen and oxygen atoms in total. The lowest BCUT2D eigenvalue weighted by molar-refractivity contribution is -0.147. The van der Waals surface area contributed by atoms with E-state index in [1.807, 2.05) is 4.90 Å². The van der Waals surface area contributed by atoms with Crippen molar-refractivity contribution in [3.05, 3.63) is 0 Å². The number of esters is 1. The molecule has 0 radical (unpaired) electrons. The Balaban J connectivity index is 1.52. The Morgan fingerprint density at radius 1 is 1.07 bits per heavy atom. The monoisotopic (exact) mass is 378 g/mol. The molecule has 0 aromatic heterocycles. The van der Waals surface area contributed by atoms with Crippen molar-refractivity contribution in [1.29, 1.82) is 0 Å². The van der Waals surface area contributed by atoms with Gasteiger partial charge in [-0.05, 0) is 44.4 Å². The van der Waals surface area contributed by atoms with Gasteiger partial charge in [0.15, 0.2) is 0 Å². The van der Waals surface area contributed by atoms with Crippen LogP contribution >= 0.6 is 0 Å². The summed E-state index contributed by atoms with van der Waals surface area (Å²) in [5, 5.41) is 0. The molecule has 1 spiro atoms. The topological polar surface area (TPSA) is 66.9 Å². The number of nitrogens with zero attached hydrogens (tertiary/aromatic N) is 2. The number of carbonyl (C=O) groups is 3. The van der Waals surface area contributed by atoms with Crippen LogP contribution in [0.15, 0.2) is 0 Å². The predicted molar refractivity (Wildman–Crippen MR) is 102 cm³/mol. The molecule has 2 amide bonds. The van der Waals surface area contributed by atoms with E-state index in [1.54, 1.807) is 0 Å². The van der Waals surface area contributed by atoms with Crippen molar-refractivity contribution in [3.63, 3.8) is 0 Å². The molecule has 0 unspecified atom stereocenters. The molecule has 0 N–H and O–H groups in total. The van der Waals surface area contributed by atoms with Gasteiger partial charge in [-0.15, -0.1) is 0 Å². The number of piperidine rings is 1. The first-order valence-electron chi connectivity index (χ1n) is 10.7. The molecule has 0 aromatic rings. The molecule has 0 bridgehead atoms. The molecular formula is C21H34N2O4. The maximum absolute atomic E-state index is 13.3. The van der Waals surface area contributed by atoms with Gasteiger partial charge in [-0.2, -0.15) is 0 Å². The van der Waals surface area contributed by atoms with Crippen LogP contribution in [-0.4, -0.2) is 60.9 Å². The quantitative estimate of drug-likeness (QED) is 0.667. The van der Waals surface area contributed by atoms with Crippen molar-refractivity contribution < 1.29 is 19.1 Å². The highest BCUT2D eigenvalue weighted by Crippen LogP contribution is 2.41. The number of rotatable bonds is 6. The van der Waals surface area contributed by atoms with Crippen molar-refractivity contribution >= 4 is 17.8 Å². The highest BCUT2D eigenvalue weighted by atomic mass is 16.5. The Labute approximate surface area is 162 Å². The van der Waals surface area contributed by atoms with Gasteiger partial charge in [0, 0.05) is 39.0 Å². The molecule has 2 aliphatic heterocycles. The molecule has 152 valence electrons. The van der Waals surface area contributed by atoms with E-state index in [0.717, 1.165) is 32.4 Å². The molecule has 27 heavy (non-hydrogen) atoms. The summed E-state index contributed by atoms with van der Waals surface area (Å²) in [5.41, 5.74) is -0.356. The van der Waals surface area contributed by atoms with Crippen LogP contribution in [0.3, 0.4) is 0 Å². The molecule has 1 saturated carbocycles. The first-order valence-corrected chi connectivity index (χ1v) is 10.7. The molecule has 3 rings (SSSR count). The first-order chi connectivity index (χ1) is 13.0. The molecule has 1 aliphatic carbocycles. The normalized spacial score (nSPS) is 26.6. The number of carbonyl (C=O) groups excluding carboxylic acids is 3. The van der Waals surface area contributed by atoms with E-state index in [-0.39, 0.29) is 29.6 Å². The van der Waals surface area contributed by atoms with E-state index >= 15 is 0 Å². The summed E-state index contributed by atoms with van der Waals surface area (Å²) < 4.78 is 4.62. The van der Waals surface area contributed by atoms with Gasteiger partial charge >= 0.3 is 5.97 Å². The van der Waals surface area contributed by atoms with Crippen LogP contribution in [0.25, 0.3) is 0 Å². The first kappa shape index (κ1) is 20.2. The highest BCUT2D eigenvalue weighted by Gasteiger charge is 2.49. The summed E-state index contributed by atoms with van der Waals surface area (Å²) in [7, 11) is 1.36. The Morgan fingerprint density at radius 3 is 2.59 bits per heavy atom. The zero-order chi connectivity index (χ0) is 19.3. The van der Waals surface area contributed by atoms with Crippen molar-refractivity contribution in [2.24, 2.45) is 11.3 Å². The van der Waals surface area contributed by atoms with Crippen LogP contribution in [0.4, 0.5) is 0 Å². The van der Waals surface area contributed by atoms with Crippen molar-refractivity contribution in [2.45, 2.75) is 70.6 Å². The van der Waals surface area contributed by atoms with Gasteiger partial charge in [-0.1, -0.05) is 19.3 Å². The number of amides is 2. The van der Waals surface area contributed by atoms with E-state index in [4.69, 9.17) is 0 Å². The lowest BCUT2D eigenvalue weighted by Gasteiger charge is -2.41. The number of hydrogen-bond donors (Lipinski definition) is 0. The molecule has 3 fully saturated rings. The van der Waals surface area contributed by atoms with Crippen LogP contribution in [-0.2, 0) is 19.1 Å². The van der Waals surface area contributed by atoms with Crippen LogP contribution < -0.4 is 0 Å². The summed E-state index contributed by atoms with van der Waals surface area (Å²) in [6, 6.07) is 0. The predicted octanol–water partition coefficient (Wildman–Crippen LogP) is 2.75. The maximum Gasteiger partial charge on any atom is 0.305 e. The fourth-order valence-electron chi connectivity index (χ4n) is 5.12. The summed E-state index contributed by atoms with van der Waals surface area (Å²) in [5.74, 6) is 0.731. The van der Waals surface area contributed by atoms with Gasteiger partial charge in [-0.25, -0.2) is 0 Å². The SMILES string of the molecule is COC(=O)CCCC(=O)N1CC[C@@]2(CCCN(CC3CCCCC3)C2=O)C1. The Bertz CT molecular complexity index is 558. The van der Waals surface area contributed by atoms with Crippen molar-refractivity contribution in [3.8, 4) is 0 Å². The minimum Gasteiger partial charge on any atom is -0.469 e. The third-order valence-corrected chi connectivity index (χ3v) is 6.73. The minimum absolute atomic E-state index is 0.0629. The average molecular weight is 379 g/mol. The Kier molecular flexibility index (Phi) is 6.77. The van der Waals surface area contributed by atoms with Crippen LogP contribution in [0.5, 0.6) is 0 Å². The van der Waals surface area contributed by atoms with E-state index in [2.05, 4.69) is 9.64 Å². The molecule has 2 heterocycles. The summed E-state index contributed by atoms with van der Waals surface area (Å²) in [4.78, 5) is 40.9. The van der Waals surface area contributed by atoms with Gasteiger partial charge in [0.05, 0.1) is 12.5 Å². The lowest BCUT2D eigenvalue weighted by Crippen LogP contribution is -2.51. The fourth-order valence-corrected chi connectivity index (χ4v) is 5.12. The van der Waals surface area contributed by atoms with Gasteiger partial charge in [-0.3, -0.25) is 14.4 Å². The third kappa shape index (κ3) is 4.82. The van der Waals surface area contributed by atoms with Gasteiger partial charge in [0.25, 0.3) is 0 Å². The molecule has 1 atom stereocenters. The second kappa shape index (κ2) is 9.07. The van der Waals surface area contributed by atoms with Gasteiger partial charge in [0.1, 0.15) is 0 Å². The van der Waals surface area contributed by atoms with Crippen LogP contribution in [0.2, 0.25) is 0 Å². The van der Waals surface area contributed by atoms with Gasteiger partial charge in [0.2, 0.25) is 11.8 Å². The zero-order valence-corrected chi connectivity index (χ0v) is 16.7. The molecule has 3 aliphatic rings. The molecule has 2 saturated heterocycles. The lowest BCUT2D eigenvalue weighted by atomic mass is 9.77. The smallest absolute Gasteiger partial charge is 0.305 e. The van der Waals surface area contributed by atoms with Gasteiger partial charge < -0.3 is 14.5 Å². The van der Waals surface area contributed by atoms with Crippen LogP contribution in [0.1, 0.15) is 70.6 Å². The Morgan fingerprint density at radius 2 is 1.85 bits per heavy atom. The fraction of sp³-hybridized carbons (Fsp3) is 0.857. The standard InChI is InChI=1S/C21H34N2O4/c1-27-19(25)10-5-9-18(24)23-14-12-21(16-23)11-6-13-22(20(21)26)15-17-7-3-2-4-8-17/h17H,2-16H2,1H3/t21-/m0/s1. The largest absolute Gasteiger partial charge is 0.469 e. The number of methoxy groups -OCH3 is 1. The van der Waals surface area contributed by atoms with E-state index in [9.17, 15) is 14.4 Å². The van der Waals surface area contributed by atoms with Crippen LogP contribution in [0, 0.1) is 11.3 Å². The Hall–Kier alpha value is -1.59. The molecule has 6 heteroatoms. The molecular weight excluding hydrogens is 344 g/mol. The zero-order valence-electron chi connectivity index (χ0n) is 16.7. The van der Waals surface area contributed by atoms with E-state index in [0.29, 0.717) is 31.8 Å². The highest BCUT2D eigenvalue weighted by molar-refractivity contribution is 5.86. The summed E-state index contributed by atoms with van der Waals surface area (Å²) >= 11 is 0. The third-order valence-electron chi connectivity index (χ3n) is 6.73. The van der Waals surface area contributed by atoms with Crippen molar-refractivity contribution in [2.75, 3.05) is 33.3 Å². The van der Waals surface area contributed by atoms with Crippen molar-refractivity contribution in [1.82, 2.24) is 9.80 Å². The second-order valence-electron chi connectivity index (χ2n) is 8.63. The van der Waals surface area contributed by atoms with E-state index < -0.39 is 0 Å². The average Bonchev–Trinajstić information content (AvgIpc) is 3.11. The second-order valence-corrected chi connectivity index (χ2v) is 8.63. The van der Waals surface area contributed by atoms with E-state index in [1.165, 1.54) is 39.2 Å². The number of likely N-dealkylation sites (tertiary alicyclic amines) is 2. The maximum atomic E-state index is 13.3. The summed E-state index contributed by atoms with van der Waals surface area (Å²) in [6.07, 6.45) is 10.3. The summed E-state index contributed by atoms with van der Waals surface area (Å²) in [6.45, 7) is 3.02. The minimum atomic E-state index is -0.356. The number of hydrogen-bond acceptors (Lipinski definition) is 4.